The van der Waals surface area contributed by atoms with Crippen molar-refractivity contribution in [1.29, 1.82) is 0 Å². The molecule has 0 aliphatic heterocycles. The van der Waals surface area contributed by atoms with Crippen LogP contribution in [0.1, 0.15) is 30.5 Å². The molecule has 232 valence electrons. The van der Waals surface area contributed by atoms with E-state index in [9.17, 15) is 29.1 Å². The summed E-state index contributed by atoms with van der Waals surface area (Å²) in [5, 5.41) is 20.7. The topological polar surface area (TPSA) is 239 Å². The van der Waals surface area contributed by atoms with Crippen LogP contribution >= 0.6 is 0 Å². The Kier molecular flexibility index (Phi) is 12.2. The minimum atomic E-state index is -1.23. The Bertz CT molecular complexity index is 1420. The van der Waals surface area contributed by atoms with Crippen LogP contribution in [0.15, 0.2) is 43.0 Å². The number of aliphatic carboxylic acids is 1. The van der Waals surface area contributed by atoms with Gasteiger partial charge in [-0.3, -0.25) is 19.2 Å². The van der Waals surface area contributed by atoms with Crippen molar-refractivity contribution in [3.63, 3.8) is 0 Å². The van der Waals surface area contributed by atoms with Crippen LogP contribution in [0, 0.1) is 0 Å². The highest BCUT2D eigenvalue weighted by atomic mass is 16.4. The van der Waals surface area contributed by atoms with Gasteiger partial charge in [-0.15, -0.1) is 0 Å². The summed E-state index contributed by atoms with van der Waals surface area (Å²) in [6, 6.07) is 4.08. The van der Waals surface area contributed by atoms with Gasteiger partial charge in [0, 0.05) is 48.9 Å². The monoisotopic (exact) mass is 597 g/mol. The number of benzene rings is 1. The number of aromatic amines is 1. The zero-order chi connectivity index (χ0) is 31.4. The first kappa shape index (κ1) is 32.8. The maximum Gasteiger partial charge on any atom is 0.326 e. The summed E-state index contributed by atoms with van der Waals surface area (Å²) in [4.78, 5) is 70.0. The van der Waals surface area contributed by atoms with Crippen molar-refractivity contribution < 1.29 is 29.1 Å². The molecule has 15 nitrogen and oxygen atoms in total. The van der Waals surface area contributed by atoms with E-state index in [1.54, 1.807) is 30.3 Å². The zero-order valence-electron chi connectivity index (χ0n) is 24.0. The maximum atomic E-state index is 13.2. The van der Waals surface area contributed by atoms with Crippen LogP contribution in [0.5, 0.6) is 0 Å². The van der Waals surface area contributed by atoms with Gasteiger partial charge in [-0.2, -0.15) is 0 Å². The molecule has 3 aromatic rings. The molecule has 0 fully saturated rings. The molecule has 43 heavy (non-hydrogen) atoms. The first-order valence-corrected chi connectivity index (χ1v) is 13.9. The maximum absolute atomic E-state index is 13.2. The number of nitrogens with one attached hydrogen (secondary N) is 5. The molecule has 0 saturated carbocycles. The Morgan fingerprint density at radius 1 is 0.953 bits per heavy atom. The molecule has 2 heterocycles. The molecular weight excluding hydrogens is 558 g/mol. The summed E-state index contributed by atoms with van der Waals surface area (Å²) >= 11 is 0. The van der Waals surface area contributed by atoms with E-state index < -0.39 is 54.3 Å². The van der Waals surface area contributed by atoms with E-state index in [2.05, 4.69) is 31.2 Å². The Morgan fingerprint density at radius 3 is 2.37 bits per heavy atom. The number of aryl methyl sites for hydroxylation is 1. The number of carbonyl (C=O) groups excluding carboxylic acids is 4. The Hall–Kier alpha value is -4.76. The number of nitrogens with two attached hydrogens (primary N) is 2. The fourth-order valence-corrected chi connectivity index (χ4v) is 4.54. The second-order valence-corrected chi connectivity index (χ2v) is 10.1. The summed E-state index contributed by atoms with van der Waals surface area (Å²) in [5.74, 6) is -3.75. The molecule has 2 aromatic heterocycles. The summed E-state index contributed by atoms with van der Waals surface area (Å²) in [6.07, 6.45) is 6.26. The average molecular weight is 598 g/mol. The van der Waals surface area contributed by atoms with E-state index >= 15 is 0 Å². The van der Waals surface area contributed by atoms with Gasteiger partial charge in [0.25, 0.3) is 0 Å². The molecule has 15 heteroatoms. The van der Waals surface area contributed by atoms with Crippen LogP contribution in [0.2, 0.25) is 0 Å². The highest BCUT2D eigenvalue weighted by molar-refractivity contribution is 5.94. The summed E-state index contributed by atoms with van der Waals surface area (Å²) in [5.41, 5.74) is 13.2. The fraction of sp³-hybridized carbons (Fsp3) is 0.429. The van der Waals surface area contributed by atoms with Crippen molar-refractivity contribution in [3.05, 3.63) is 54.2 Å². The minimum absolute atomic E-state index is 0.0311. The summed E-state index contributed by atoms with van der Waals surface area (Å²) in [6.45, 7) is -0.460. The van der Waals surface area contributed by atoms with Gasteiger partial charge in [0.15, 0.2) is 0 Å². The second-order valence-electron chi connectivity index (χ2n) is 10.1. The normalized spacial score (nSPS) is 13.1. The molecule has 4 amide bonds. The Morgan fingerprint density at radius 2 is 1.70 bits per heavy atom. The SMILES string of the molecule is Cn1cncc1C[C@H](NC(=O)CN)C(=O)N[C@@H](CCCCN)C(=O)NCC(=O)N[C@@H](Cc1c[nH]c2ccccc12)C(=O)O. The van der Waals surface area contributed by atoms with E-state index in [0.29, 0.717) is 25.1 Å². The van der Waals surface area contributed by atoms with Crippen LogP contribution in [0.3, 0.4) is 0 Å². The van der Waals surface area contributed by atoms with Gasteiger partial charge < -0.3 is 47.4 Å². The summed E-state index contributed by atoms with van der Waals surface area (Å²) < 4.78 is 1.70. The van der Waals surface area contributed by atoms with E-state index in [4.69, 9.17) is 11.5 Å². The van der Waals surface area contributed by atoms with Crippen LogP contribution in [0.4, 0.5) is 0 Å². The number of fused-ring (bicyclic) bond motifs is 1. The fourth-order valence-electron chi connectivity index (χ4n) is 4.54. The molecule has 3 rings (SSSR count). The number of rotatable bonds is 17. The molecule has 0 spiro atoms. The number of para-hydroxylation sites is 1. The molecule has 10 N–H and O–H groups in total. The number of nitrogens with zero attached hydrogens (tertiary/aromatic N) is 2. The number of hydrogen-bond acceptors (Lipinski definition) is 8. The van der Waals surface area contributed by atoms with Crippen LogP contribution in [-0.4, -0.2) is 87.0 Å². The van der Waals surface area contributed by atoms with Crippen molar-refractivity contribution >= 4 is 40.5 Å². The molecule has 1 aromatic carbocycles. The second kappa shape index (κ2) is 16.0. The van der Waals surface area contributed by atoms with E-state index in [0.717, 1.165) is 16.5 Å². The van der Waals surface area contributed by atoms with Crippen molar-refractivity contribution in [3.8, 4) is 0 Å². The highest BCUT2D eigenvalue weighted by Gasteiger charge is 2.28. The van der Waals surface area contributed by atoms with Crippen molar-refractivity contribution in [2.24, 2.45) is 18.5 Å². The average Bonchev–Trinajstić information content (AvgIpc) is 3.59. The first-order chi connectivity index (χ1) is 20.6. The largest absolute Gasteiger partial charge is 0.480 e. The lowest BCUT2D eigenvalue weighted by atomic mass is 10.0. The first-order valence-electron chi connectivity index (χ1n) is 13.9. The van der Waals surface area contributed by atoms with Crippen molar-refractivity contribution in [1.82, 2.24) is 35.8 Å². The minimum Gasteiger partial charge on any atom is -0.480 e. The van der Waals surface area contributed by atoms with Crippen LogP contribution in [0.25, 0.3) is 10.9 Å². The van der Waals surface area contributed by atoms with Crippen molar-refractivity contribution in [2.75, 3.05) is 19.6 Å². The zero-order valence-corrected chi connectivity index (χ0v) is 24.0. The molecule has 0 unspecified atom stereocenters. The summed E-state index contributed by atoms with van der Waals surface area (Å²) in [7, 11) is 1.74. The lowest BCUT2D eigenvalue weighted by Gasteiger charge is -2.23. The molecule has 0 radical (unpaired) electrons. The van der Waals surface area contributed by atoms with Gasteiger partial charge in [-0.25, -0.2) is 9.78 Å². The molecule has 0 aliphatic rings. The third kappa shape index (κ3) is 9.65. The number of unbranched alkanes of at least 4 members (excludes halogenated alkanes) is 1. The Labute approximate surface area is 248 Å². The number of hydrogen-bond donors (Lipinski definition) is 8. The molecule has 0 saturated heterocycles. The lowest BCUT2D eigenvalue weighted by molar-refractivity contribution is -0.141. The standard InChI is InChI=1S/C28H39N9O6/c1-37-16-31-14-18(37)11-22(34-24(38)12-30)27(41)36-21(8-4-5-9-29)26(40)33-15-25(39)35-23(28(42)43)10-17-13-32-20-7-3-2-6-19(17)20/h2-3,6-7,13-14,16,21-23,32H,4-5,8-12,15,29-30H2,1H3,(H,33,40)(H,34,38)(H,35,39)(H,36,41)(H,42,43)/t21-,22-,23-/m0/s1. The molecular formula is C28H39N9O6. The van der Waals surface area contributed by atoms with Gasteiger partial charge >= 0.3 is 5.97 Å². The number of imidazole rings is 1. The molecule has 0 bridgehead atoms. The quantitative estimate of drug-likeness (QED) is 0.0837. The van der Waals surface area contributed by atoms with Crippen molar-refractivity contribution in [2.45, 2.75) is 50.2 Å². The molecule has 3 atom stereocenters. The van der Waals surface area contributed by atoms with E-state index in [-0.39, 0.29) is 25.8 Å². The van der Waals surface area contributed by atoms with Gasteiger partial charge in [0.1, 0.15) is 18.1 Å². The third-order valence-electron chi connectivity index (χ3n) is 6.90. The number of carbonyl (C=O) groups is 5. The van der Waals surface area contributed by atoms with Gasteiger partial charge in [-0.05, 0) is 37.4 Å². The predicted octanol–water partition coefficient (Wildman–Crippen LogP) is -1.57. The number of carboxylic acid groups (broad SMARTS) is 1. The van der Waals surface area contributed by atoms with Gasteiger partial charge in [0.05, 0.1) is 19.4 Å². The predicted molar refractivity (Wildman–Crippen MR) is 157 cm³/mol. The smallest absolute Gasteiger partial charge is 0.326 e. The number of aromatic nitrogens is 3. The Balaban J connectivity index is 1.63. The van der Waals surface area contributed by atoms with Crippen LogP contribution in [-0.2, 0) is 43.9 Å². The van der Waals surface area contributed by atoms with E-state index in [1.807, 2.05) is 24.3 Å². The highest BCUT2D eigenvalue weighted by Crippen LogP contribution is 2.19. The third-order valence-corrected chi connectivity index (χ3v) is 6.90. The van der Waals surface area contributed by atoms with Gasteiger partial charge in [-0.1, -0.05) is 18.2 Å². The lowest BCUT2D eigenvalue weighted by Crippen LogP contribution is -2.56. The number of amides is 4. The number of H-pyrrole nitrogens is 1. The van der Waals surface area contributed by atoms with Crippen LogP contribution < -0.4 is 32.7 Å². The number of carboxylic acids is 1. The van der Waals surface area contributed by atoms with Gasteiger partial charge in [0.2, 0.25) is 23.6 Å². The van der Waals surface area contributed by atoms with E-state index in [1.165, 1.54) is 0 Å². The molecule has 0 aliphatic carbocycles.